The van der Waals surface area contributed by atoms with Crippen molar-refractivity contribution in [1.82, 2.24) is 14.5 Å². The van der Waals surface area contributed by atoms with Crippen molar-refractivity contribution in [2.75, 3.05) is 210 Å². The number of Topliss-reactive ketones (excluding diaryl/α,β-unsaturated/α-hetero) is 1. The average molecular weight is 1480 g/mol. The highest BCUT2D eigenvalue weighted by Gasteiger charge is 2.38. The summed E-state index contributed by atoms with van der Waals surface area (Å²) in [5.41, 5.74) is 9.42. The molecule has 5 rings (SSSR count). The van der Waals surface area contributed by atoms with Gasteiger partial charge in [0.25, 0.3) is 10.1 Å². The predicted octanol–water partition coefficient (Wildman–Crippen LogP) is 5.14. The summed E-state index contributed by atoms with van der Waals surface area (Å²) < 4.78 is 191. The number of fused-ring (bicyclic) bond motifs is 1. The fourth-order valence-electron chi connectivity index (χ4n) is 9.73. The van der Waals surface area contributed by atoms with Crippen LogP contribution in [0.4, 0.5) is 23.2 Å². The number of sulfonamides is 1. The largest absolute Gasteiger partial charge is 0.420 e. The van der Waals surface area contributed by atoms with E-state index in [-0.39, 0.29) is 114 Å². The van der Waals surface area contributed by atoms with E-state index in [0.29, 0.717) is 160 Å². The van der Waals surface area contributed by atoms with Crippen molar-refractivity contribution in [3.8, 4) is 16.9 Å². The van der Waals surface area contributed by atoms with Gasteiger partial charge in [-0.2, -0.15) is 21.5 Å². The third-order valence-corrected chi connectivity index (χ3v) is 17.5. The fourth-order valence-corrected chi connectivity index (χ4v) is 12.2. The molecule has 3 aromatic rings. The van der Waals surface area contributed by atoms with E-state index in [1.54, 1.807) is 24.3 Å². The number of esters is 1. The highest BCUT2D eigenvalue weighted by atomic mass is 32.2. The number of aliphatic imine (C=N–C) groups is 1. The summed E-state index contributed by atoms with van der Waals surface area (Å²) in [4.78, 5) is 57.7. The maximum atomic E-state index is 13.8. The second-order valence-corrected chi connectivity index (χ2v) is 26.3. The molecular formula is C67H97F4N5O23S2. The highest BCUT2D eigenvalue weighted by Crippen LogP contribution is 2.34. The number of amides is 2. The van der Waals surface area contributed by atoms with Crippen LogP contribution in [0.5, 0.6) is 5.75 Å². The standard InChI is InChI=1S/C67H97F4N5O23S2/c1-3-12-75(13-4-2)67(80)54-40-53-9-8-52(43-60(53)74-61(72)44-54)51-6-5-7-57(42-51)101(84,85)76-47-50(48-76)46-73-66(79)55(49-100(81,82)83)41-56(77)10-14-86-16-18-88-20-22-90-24-26-92-28-30-94-32-34-96-36-38-98-39-37-97-35-33-95-31-29-93-27-25-91-23-21-89-19-17-87-15-11-62(78)99-65-63(70)58(68)45-59(69)64(65)71/h5-9,40,42-43,45,50,55H,3-4,10-39,41,44,46-49H2,1-2H3,(H2,72,74)(H,73,79)(H,81,82,83)/t55-/m0/s1. The van der Waals surface area contributed by atoms with Gasteiger partial charge in [0.2, 0.25) is 39.2 Å². The zero-order valence-electron chi connectivity index (χ0n) is 57.4. The number of nitrogens with two attached hydrogens (primary N) is 1. The molecule has 101 heavy (non-hydrogen) atoms. The van der Waals surface area contributed by atoms with E-state index in [2.05, 4.69) is 15.0 Å². The van der Waals surface area contributed by atoms with Crippen LogP contribution < -0.4 is 15.8 Å². The summed E-state index contributed by atoms with van der Waals surface area (Å²) in [6.07, 6.45) is 2.66. The number of ether oxygens (including phenoxy) is 14. The van der Waals surface area contributed by atoms with Crippen molar-refractivity contribution in [3.05, 3.63) is 82.9 Å². The summed E-state index contributed by atoms with van der Waals surface area (Å²) in [6, 6.07) is 12.0. The summed E-state index contributed by atoms with van der Waals surface area (Å²) in [6.45, 7) is 13.2. The summed E-state index contributed by atoms with van der Waals surface area (Å²) in [5.74, 6) is -13.3. The minimum absolute atomic E-state index is 0.00752. The fraction of sp³-hybridized carbons (Fsp3) is 0.627. The molecule has 1 fully saturated rings. The van der Waals surface area contributed by atoms with Gasteiger partial charge in [-0.15, -0.1) is 0 Å². The van der Waals surface area contributed by atoms with Crippen molar-refractivity contribution < 1.29 is 124 Å². The normalized spacial score (nSPS) is 13.9. The van der Waals surface area contributed by atoms with E-state index in [1.807, 2.05) is 37.0 Å². The number of rotatable bonds is 58. The first-order chi connectivity index (χ1) is 48.7. The van der Waals surface area contributed by atoms with E-state index in [0.717, 1.165) is 12.8 Å². The Morgan fingerprint density at radius 2 is 1.02 bits per heavy atom. The van der Waals surface area contributed by atoms with Gasteiger partial charge in [-0.3, -0.25) is 23.7 Å². The number of carbonyl (C=O) groups is 4. The van der Waals surface area contributed by atoms with Gasteiger partial charge < -0.3 is 82.3 Å². The molecule has 2 heterocycles. The van der Waals surface area contributed by atoms with E-state index < -0.39 is 91.3 Å². The van der Waals surface area contributed by atoms with Crippen LogP contribution in [0.3, 0.4) is 0 Å². The van der Waals surface area contributed by atoms with Crippen LogP contribution in [0, 0.1) is 35.1 Å². The number of hydrogen-bond acceptors (Lipinski definition) is 24. The zero-order chi connectivity index (χ0) is 73.1. The first-order valence-corrected chi connectivity index (χ1v) is 36.6. The van der Waals surface area contributed by atoms with Gasteiger partial charge >= 0.3 is 5.97 Å². The van der Waals surface area contributed by atoms with Gasteiger partial charge in [-0.05, 0) is 48.2 Å². The lowest BCUT2D eigenvalue weighted by Crippen LogP contribution is -2.54. The van der Waals surface area contributed by atoms with Gasteiger partial charge in [-0.25, -0.2) is 22.2 Å². The lowest BCUT2D eigenvalue weighted by Gasteiger charge is -2.38. The first kappa shape index (κ1) is 85.6. The molecule has 2 aliphatic rings. The van der Waals surface area contributed by atoms with Crippen LogP contribution in [0.25, 0.3) is 17.2 Å². The van der Waals surface area contributed by atoms with E-state index in [9.17, 15) is 58.1 Å². The number of halogens is 4. The lowest BCUT2D eigenvalue weighted by atomic mass is 10.00. The number of ketones is 1. The molecule has 0 spiro atoms. The first-order valence-electron chi connectivity index (χ1n) is 33.6. The molecule has 0 radical (unpaired) electrons. The number of amidine groups is 1. The van der Waals surface area contributed by atoms with Crippen LogP contribution in [0.15, 0.2) is 64.0 Å². The molecular weight excluding hydrogens is 1380 g/mol. The molecule has 0 saturated carbocycles. The third kappa shape index (κ3) is 34.0. The van der Waals surface area contributed by atoms with Crippen LogP contribution >= 0.6 is 0 Å². The molecule has 2 aliphatic heterocycles. The molecule has 2 amide bonds. The minimum Gasteiger partial charge on any atom is -0.420 e. The average Bonchev–Trinajstić information content (AvgIpc) is 0.866. The molecule has 1 atom stereocenters. The van der Waals surface area contributed by atoms with Crippen molar-refractivity contribution in [2.24, 2.45) is 22.6 Å². The Hall–Kier alpha value is -6.03. The number of hydrogen-bond donors (Lipinski definition) is 3. The summed E-state index contributed by atoms with van der Waals surface area (Å²) >= 11 is 0. The Morgan fingerprint density at radius 1 is 0.594 bits per heavy atom. The third-order valence-electron chi connectivity index (χ3n) is 14.8. The summed E-state index contributed by atoms with van der Waals surface area (Å²) in [7, 11) is -8.60. The molecule has 1 saturated heterocycles. The van der Waals surface area contributed by atoms with Crippen LogP contribution in [-0.2, 0) is 101 Å². The van der Waals surface area contributed by atoms with E-state index in [1.165, 1.54) is 10.4 Å². The van der Waals surface area contributed by atoms with E-state index >= 15 is 0 Å². The number of carbonyl (C=O) groups excluding carboxylic acids is 4. The molecule has 0 bridgehead atoms. The van der Waals surface area contributed by atoms with Crippen molar-refractivity contribution in [2.45, 2.75) is 57.3 Å². The van der Waals surface area contributed by atoms with Gasteiger partial charge in [0.1, 0.15) is 11.6 Å². The van der Waals surface area contributed by atoms with E-state index in [4.69, 9.17) is 67.3 Å². The highest BCUT2D eigenvalue weighted by molar-refractivity contribution is 7.89. The predicted molar refractivity (Wildman–Crippen MR) is 359 cm³/mol. The summed E-state index contributed by atoms with van der Waals surface area (Å²) in [5, 5.41) is 2.63. The van der Waals surface area contributed by atoms with Crippen molar-refractivity contribution in [3.63, 3.8) is 0 Å². The Labute approximate surface area is 587 Å². The molecule has 4 N–H and O–H groups in total. The minimum atomic E-state index is -4.64. The number of nitrogens with zero attached hydrogens (tertiary/aromatic N) is 3. The van der Waals surface area contributed by atoms with Gasteiger partial charge in [-0.1, -0.05) is 38.1 Å². The van der Waals surface area contributed by atoms with Gasteiger partial charge in [0.15, 0.2) is 11.6 Å². The molecule has 0 aromatic heterocycles. The maximum Gasteiger partial charge on any atom is 0.313 e. The Bertz CT molecular complexity index is 3250. The smallest absolute Gasteiger partial charge is 0.313 e. The van der Waals surface area contributed by atoms with Crippen LogP contribution in [-0.4, -0.2) is 270 Å². The SMILES string of the molecule is CCCN(CCC)C(=O)C1=Cc2ccc(-c3cccc(S(=O)(=O)N4CC(CNC(=O)[C@@H](CC(=O)CCOCCOCCOCCOCCOCCOCCOCCOCCOCCOCCOCCOCCOCCC(=O)Oc5c(F)c(F)cc(F)c5F)CS(=O)(=O)O)C4)c3)cc2N=C(N)C1. The van der Waals surface area contributed by atoms with Gasteiger partial charge in [0.05, 0.1) is 200 Å². The second kappa shape index (κ2) is 48.8. The molecule has 568 valence electrons. The Balaban J connectivity index is 0.756. The van der Waals surface area contributed by atoms with Crippen molar-refractivity contribution >= 4 is 61.3 Å². The second-order valence-electron chi connectivity index (χ2n) is 22.9. The number of nitrogens with one attached hydrogen (secondary N) is 1. The topological polar surface area (TPSA) is 343 Å². The molecule has 0 unspecified atom stereocenters. The molecule has 3 aromatic carbocycles. The Morgan fingerprint density at radius 3 is 1.46 bits per heavy atom. The molecule has 0 aliphatic carbocycles. The molecule has 34 heteroatoms. The monoisotopic (exact) mass is 1480 g/mol. The quantitative estimate of drug-likeness (QED) is 0.0164. The van der Waals surface area contributed by atoms with Gasteiger partial charge in [0, 0.05) is 75.1 Å². The number of benzene rings is 3. The maximum absolute atomic E-state index is 13.8. The van der Waals surface area contributed by atoms with Crippen molar-refractivity contribution in [1.29, 1.82) is 0 Å². The zero-order valence-corrected chi connectivity index (χ0v) is 59.0. The Kier molecular flexibility index (Phi) is 41.4. The lowest BCUT2D eigenvalue weighted by molar-refractivity contribution is -0.136. The van der Waals surface area contributed by atoms with Crippen LogP contribution in [0.1, 0.15) is 57.9 Å². The molecule has 28 nitrogen and oxygen atoms in total. The van der Waals surface area contributed by atoms with Crippen LogP contribution in [0.2, 0.25) is 0 Å².